The van der Waals surface area contributed by atoms with Crippen molar-refractivity contribution in [2.45, 2.75) is 9.59 Å². The van der Waals surface area contributed by atoms with Crippen LogP contribution in [0.3, 0.4) is 0 Å². The van der Waals surface area contributed by atoms with Gasteiger partial charge in [-0.2, -0.15) is 5.10 Å². The molecule has 1 atom stereocenters. The third kappa shape index (κ3) is 2.58. The van der Waals surface area contributed by atoms with Crippen molar-refractivity contribution < 1.29 is 0 Å². The van der Waals surface area contributed by atoms with Crippen molar-refractivity contribution in [1.82, 2.24) is 14.8 Å². The van der Waals surface area contributed by atoms with Crippen LogP contribution in [0.15, 0.2) is 28.3 Å². The molecule has 2 heterocycles. The molecule has 0 aliphatic rings. The zero-order valence-electron chi connectivity index (χ0n) is 8.33. The Morgan fingerprint density at radius 2 is 2.53 bits per heavy atom. The molecular formula is C9H12N4S2. The number of hydrogen-bond acceptors (Lipinski definition) is 5. The summed E-state index contributed by atoms with van der Waals surface area (Å²) in [4.78, 5) is 4.24. The number of rotatable bonds is 4. The Morgan fingerprint density at radius 3 is 3.07 bits per heavy atom. The highest BCUT2D eigenvalue weighted by atomic mass is 32.2. The molecule has 2 aromatic heterocycles. The summed E-state index contributed by atoms with van der Waals surface area (Å²) in [5.74, 6) is 0. The molecule has 0 fully saturated rings. The van der Waals surface area contributed by atoms with Gasteiger partial charge in [-0.15, -0.1) is 11.3 Å². The van der Waals surface area contributed by atoms with E-state index in [1.165, 1.54) is 0 Å². The van der Waals surface area contributed by atoms with Crippen LogP contribution in [0.1, 0.15) is 10.8 Å². The maximum absolute atomic E-state index is 5.75. The van der Waals surface area contributed by atoms with Gasteiger partial charge < -0.3 is 5.73 Å². The summed E-state index contributed by atoms with van der Waals surface area (Å²) < 4.78 is 2.84. The Labute approximate surface area is 96.5 Å². The third-order valence-corrected chi connectivity index (χ3v) is 4.16. The number of thiazole rings is 1. The van der Waals surface area contributed by atoms with Gasteiger partial charge in [0.05, 0.1) is 11.4 Å². The Bertz CT molecular complexity index is 409. The van der Waals surface area contributed by atoms with Gasteiger partial charge in [-0.1, -0.05) is 11.8 Å². The summed E-state index contributed by atoms with van der Waals surface area (Å²) in [6.07, 6.45) is 5.67. The lowest BCUT2D eigenvalue weighted by molar-refractivity contribution is 0.766. The van der Waals surface area contributed by atoms with E-state index in [2.05, 4.69) is 10.1 Å². The molecule has 2 aromatic rings. The van der Waals surface area contributed by atoms with Crippen LogP contribution >= 0.6 is 23.1 Å². The van der Waals surface area contributed by atoms with E-state index in [0.29, 0.717) is 6.54 Å². The number of hydrogen-bond donors (Lipinski definition) is 1. The fourth-order valence-electron chi connectivity index (χ4n) is 1.25. The minimum atomic E-state index is 0.241. The number of nitrogens with zero attached hydrogens (tertiary/aromatic N) is 3. The minimum Gasteiger partial charge on any atom is -0.329 e. The van der Waals surface area contributed by atoms with Gasteiger partial charge in [0.1, 0.15) is 4.34 Å². The van der Waals surface area contributed by atoms with E-state index in [1.54, 1.807) is 27.8 Å². The van der Waals surface area contributed by atoms with Crippen LogP contribution in [-0.4, -0.2) is 21.3 Å². The molecule has 2 N–H and O–H groups in total. The molecule has 15 heavy (non-hydrogen) atoms. The third-order valence-electron chi connectivity index (χ3n) is 1.96. The van der Waals surface area contributed by atoms with Gasteiger partial charge in [0, 0.05) is 36.9 Å². The Kier molecular flexibility index (Phi) is 3.40. The second-order valence-electron chi connectivity index (χ2n) is 3.09. The highest BCUT2D eigenvalue weighted by molar-refractivity contribution is 8.01. The standard InChI is InChI=1S/C9H12N4S2/c1-13-6-7(5-12-13)8(4-10)15-9-11-2-3-14-9/h2-3,5-6,8H,4,10H2,1H3. The van der Waals surface area contributed by atoms with Gasteiger partial charge in [-0.05, 0) is 0 Å². The van der Waals surface area contributed by atoms with E-state index in [1.807, 2.05) is 31.0 Å². The SMILES string of the molecule is Cn1cc(C(CN)Sc2nccs2)cn1. The normalized spacial score (nSPS) is 12.9. The summed E-state index contributed by atoms with van der Waals surface area (Å²) in [5.41, 5.74) is 6.90. The van der Waals surface area contributed by atoms with Crippen molar-refractivity contribution in [3.63, 3.8) is 0 Å². The van der Waals surface area contributed by atoms with Crippen molar-refractivity contribution in [2.24, 2.45) is 12.8 Å². The van der Waals surface area contributed by atoms with Gasteiger partial charge in [0.25, 0.3) is 0 Å². The molecule has 80 valence electrons. The molecule has 2 rings (SSSR count). The van der Waals surface area contributed by atoms with Gasteiger partial charge in [0.15, 0.2) is 0 Å². The van der Waals surface area contributed by atoms with Crippen LogP contribution in [-0.2, 0) is 7.05 Å². The number of aryl methyl sites for hydroxylation is 1. The van der Waals surface area contributed by atoms with Crippen LogP contribution in [0.25, 0.3) is 0 Å². The lowest BCUT2D eigenvalue weighted by Crippen LogP contribution is -2.08. The van der Waals surface area contributed by atoms with Crippen molar-refractivity contribution in [1.29, 1.82) is 0 Å². The molecule has 0 bridgehead atoms. The van der Waals surface area contributed by atoms with Gasteiger partial charge in [-0.3, -0.25) is 4.68 Å². The fraction of sp³-hybridized carbons (Fsp3) is 0.333. The highest BCUT2D eigenvalue weighted by Gasteiger charge is 2.14. The Morgan fingerprint density at radius 1 is 1.67 bits per heavy atom. The minimum absolute atomic E-state index is 0.241. The van der Waals surface area contributed by atoms with E-state index in [4.69, 9.17) is 5.73 Å². The van der Waals surface area contributed by atoms with Gasteiger partial charge >= 0.3 is 0 Å². The first-order valence-electron chi connectivity index (χ1n) is 4.54. The van der Waals surface area contributed by atoms with Crippen molar-refractivity contribution in [3.8, 4) is 0 Å². The van der Waals surface area contributed by atoms with Crippen LogP contribution in [0.4, 0.5) is 0 Å². The first kappa shape index (κ1) is 10.7. The van der Waals surface area contributed by atoms with E-state index < -0.39 is 0 Å². The molecule has 4 nitrogen and oxygen atoms in total. The molecule has 1 unspecified atom stereocenters. The first-order valence-corrected chi connectivity index (χ1v) is 6.30. The van der Waals surface area contributed by atoms with E-state index in [0.717, 1.165) is 9.90 Å². The highest BCUT2D eigenvalue weighted by Crippen LogP contribution is 2.34. The van der Waals surface area contributed by atoms with E-state index in [9.17, 15) is 0 Å². The first-order chi connectivity index (χ1) is 7.29. The predicted octanol–water partition coefficient (Wildman–Crippen LogP) is 1.67. The molecule has 0 aliphatic carbocycles. The van der Waals surface area contributed by atoms with Crippen LogP contribution in [0.5, 0.6) is 0 Å². The number of aromatic nitrogens is 3. The second-order valence-corrected chi connectivity index (χ2v) is 5.43. The number of nitrogens with two attached hydrogens (primary N) is 1. The van der Waals surface area contributed by atoms with Crippen LogP contribution < -0.4 is 5.73 Å². The maximum Gasteiger partial charge on any atom is 0.150 e. The van der Waals surface area contributed by atoms with Crippen LogP contribution in [0, 0.1) is 0 Å². The predicted molar refractivity (Wildman–Crippen MR) is 63.0 cm³/mol. The molecule has 0 radical (unpaired) electrons. The zero-order chi connectivity index (χ0) is 10.7. The molecule has 0 amide bonds. The zero-order valence-corrected chi connectivity index (χ0v) is 9.96. The molecule has 0 aromatic carbocycles. The molecule has 0 saturated heterocycles. The Hall–Kier alpha value is -0.850. The summed E-state index contributed by atoms with van der Waals surface area (Å²) >= 11 is 3.33. The topological polar surface area (TPSA) is 56.7 Å². The average molecular weight is 240 g/mol. The van der Waals surface area contributed by atoms with Gasteiger partial charge in [0.2, 0.25) is 0 Å². The summed E-state index contributed by atoms with van der Waals surface area (Å²) in [6.45, 7) is 0.593. The summed E-state index contributed by atoms with van der Waals surface area (Å²) in [5, 5.41) is 6.36. The van der Waals surface area contributed by atoms with Crippen molar-refractivity contribution >= 4 is 23.1 Å². The lowest BCUT2D eigenvalue weighted by Gasteiger charge is -2.09. The van der Waals surface area contributed by atoms with Crippen LogP contribution in [0.2, 0.25) is 0 Å². The summed E-state index contributed by atoms with van der Waals surface area (Å²) in [6, 6.07) is 0. The largest absolute Gasteiger partial charge is 0.329 e. The molecular weight excluding hydrogens is 228 g/mol. The van der Waals surface area contributed by atoms with E-state index in [-0.39, 0.29) is 5.25 Å². The van der Waals surface area contributed by atoms with Gasteiger partial charge in [-0.25, -0.2) is 4.98 Å². The smallest absolute Gasteiger partial charge is 0.150 e. The molecule has 0 saturated carbocycles. The molecule has 0 aliphatic heterocycles. The monoisotopic (exact) mass is 240 g/mol. The summed E-state index contributed by atoms with van der Waals surface area (Å²) in [7, 11) is 1.91. The van der Waals surface area contributed by atoms with E-state index >= 15 is 0 Å². The average Bonchev–Trinajstić information content (AvgIpc) is 2.85. The Balaban J connectivity index is 2.11. The lowest BCUT2D eigenvalue weighted by atomic mass is 10.2. The quantitative estimate of drug-likeness (QED) is 0.826. The van der Waals surface area contributed by atoms with Crippen molar-refractivity contribution in [2.75, 3.05) is 6.54 Å². The molecule has 6 heteroatoms. The fourth-order valence-corrected chi connectivity index (χ4v) is 3.07. The maximum atomic E-state index is 5.75. The second kappa shape index (κ2) is 4.78. The van der Waals surface area contributed by atoms with Crippen molar-refractivity contribution in [3.05, 3.63) is 29.5 Å². The molecule has 0 spiro atoms. The number of thioether (sulfide) groups is 1.